The molecule has 1 atom stereocenters. The minimum Gasteiger partial charge on any atom is -0.313 e. The van der Waals surface area contributed by atoms with E-state index in [4.69, 9.17) is 0 Å². The first-order chi connectivity index (χ1) is 11.1. The number of nitrogens with zero attached hydrogens (tertiary/aromatic N) is 4. The average molecular weight is 312 g/mol. The van der Waals surface area contributed by atoms with Gasteiger partial charge in [-0.15, -0.1) is 10.2 Å². The van der Waals surface area contributed by atoms with E-state index in [1.165, 1.54) is 12.1 Å². The van der Waals surface area contributed by atoms with Gasteiger partial charge in [0.25, 0.3) is 0 Å². The molecule has 0 amide bonds. The summed E-state index contributed by atoms with van der Waals surface area (Å²) < 4.78 is 15.4. The maximum Gasteiger partial charge on any atom is 0.187 e. The first-order valence-electron chi connectivity index (χ1n) is 7.73. The zero-order chi connectivity index (χ0) is 16.4. The summed E-state index contributed by atoms with van der Waals surface area (Å²) in [6, 6.07) is 6.12. The van der Waals surface area contributed by atoms with Crippen LogP contribution in [-0.2, 0) is 13.0 Å². The predicted molar refractivity (Wildman–Crippen MR) is 81.4 cm³/mol. The topological polar surface area (TPSA) is 71.6 Å². The zero-order valence-electron chi connectivity index (χ0n) is 12.9. The third-order valence-corrected chi connectivity index (χ3v) is 4.11. The number of nitriles is 1. The fourth-order valence-corrected chi connectivity index (χ4v) is 3.00. The van der Waals surface area contributed by atoms with Crippen molar-refractivity contribution in [2.45, 2.75) is 45.1 Å². The van der Waals surface area contributed by atoms with Crippen LogP contribution in [0.1, 0.15) is 52.8 Å². The van der Waals surface area contributed by atoms with Gasteiger partial charge in [-0.2, -0.15) is 5.26 Å². The highest BCUT2D eigenvalue weighted by molar-refractivity contribution is 6.02. The van der Waals surface area contributed by atoms with Gasteiger partial charge < -0.3 is 4.57 Å². The van der Waals surface area contributed by atoms with Gasteiger partial charge in [0, 0.05) is 18.5 Å². The highest BCUT2D eigenvalue weighted by Gasteiger charge is 2.29. The van der Waals surface area contributed by atoms with Crippen molar-refractivity contribution >= 4 is 5.78 Å². The van der Waals surface area contributed by atoms with E-state index in [1.54, 1.807) is 13.0 Å². The van der Waals surface area contributed by atoms with Gasteiger partial charge in [0.05, 0.1) is 6.07 Å². The third-order valence-electron chi connectivity index (χ3n) is 4.11. The number of benzene rings is 1. The number of hydrogen-bond donors (Lipinski definition) is 0. The summed E-state index contributed by atoms with van der Waals surface area (Å²) >= 11 is 0. The van der Waals surface area contributed by atoms with E-state index in [0.29, 0.717) is 17.9 Å². The maximum atomic E-state index is 13.6. The number of rotatable bonds is 3. The predicted octanol–water partition coefficient (Wildman–Crippen LogP) is 2.94. The lowest BCUT2D eigenvalue weighted by Crippen LogP contribution is -2.18. The van der Waals surface area contributed by atoms with Crippen molar-refractivity contribution in [1.29, 1.82) is 5.26 Å². The van der Waals surface area contributed by atoms with Gasteiger partial charge in [0.1, 0.15) is 11.6 Å². The molecule has 0 fully saturated rings. The van der Waals surface area contributed by atoms with Gasteiger partial charge in [-0.25, -0.2) is 4.39 Å². The average Bonchev–Trinajstić information content (AvgIpc) is 2.76. The van der Waals surface area contributed by atoms with E-state index in [2.05, 4.69) is 10.2 Å². The van der Waals surface area contributed by atoms with E-state index in [-0.39, 0.29) is 5.56 Å². The molecule has 6 heteroatoms. The molecule has 1 unspecified atom stereocenters. The van der Waals surface area contributed by atoms with Gasteiger partial charge in [-0.3, -0.25) is 4.79 Å². The molecule has 0 N–H and O–H groups in total. The molecule has 0 aliphatic carbocycles. The summed E-state index contributed by atoms with van der Waals surface area (Å²) in [5, 5.41) is 17.7. The summed E-state index contributed by atoms with van der Waals surface area (Å²) in [5.74, 6) is -0.785. The van der Waals surface area contributed by atoms with E-state index in [1.807, 2.05) is 10.6 Å². The Labute approximate surface area is 133 Å². The second-order valence-electron chi connectivity index (χ2n) is 5.88. The van der Waals surface area contributed by atoms with E-state index < -0.39 is 17.5 Å². The Hall–Kier alpha value is -2.55. The molecule has 1 aliphatic heterocycles. The maximum absolute atomic E-state index is 13.6. The van der Waals surface area contributed by atoms with E-state index in [0.717, 1.165) is 31.5 Å². The fourth-order valence-electron chi connectivity index (χ4n) is 3.00. The van der Waals surface area contributed by atoms with E-state index >= 15 is 0 Å². The smallest absolute Gasteiger partial charge is 0.187 e. The molecule has 5 nitrogen and oxygen atoms in total. The largest absolute Gasteiger partial charge is 0.313 e. The Kier molecular flexibility index (Phi) is 4.20. The normalized spacial score (nSPS) is 15.3. The second-order valence-corrected chi connectivity index (χ2v) is 5.88. The number of aromatic nitrogens is 3. The summed E-state index contributed by atoms with van der Waals surface area (Å²) in [6.07, 6.45) is 3.91. The molecule has 118 valence electrons. The second kappa shape index (κ2) is 6.29. The molecule has 1 aromatic heterocycles. The Morgan fingerprint density at radius 3 is 2.87 bits per heavy atom. The number of ketones is 1. The van der Waals surface area contributed by atoms with Crippen molar-refractivity contribution in [3.63, 3.8) is 0 Å². The zero-order valence-corrected chi connectivity index (χ0v) is 12.9. The lowest BCUT2D eigenvalue weighted by atomic mass is 9.96. The molecule has 1 aliphatic rings. The van der Waals surface area contributed by atoms with Gasteiger partial charge in [-0.05, 0) is 43.5 Å². The molecular formula is C17H17FN4O. The molecule has 2 heterocycles. The van der Waals surface area contributed by atoms with Gasteiger partial charge in [0.15, 0.2) is 17.5 Å². The monoisotopic (exact) mass is 312 g/mol. The molecule has 1 aromatic carbocycles. The first kappa shape index (κ1) is 15.3. The number of hydrogen-bond acceptors (Lipinski definition) is 4. The Morgan fingerprint density at radius 1 is 1.30 bits per heavy atom. The Morgan fingerprint density at radius 2 is 2.13 bits per heavy atom. The minimum absolute atomic E-state index is 0.194. The molecular weight excluding hydrogens is 295 g/mol. The van der Waals surface area contributed by atoms with Crippen LogP contribution in [0, 0.1) is 24.1 Å². The van der Waals surface area contributed by atoms with Gasteiger partial charge in [0.2, 0.25) is 0 Å². The lowest BCUT2D eigenvalue weighted by molar-refractivity contribution is 0.0974. The van der Waals surface area contributed by atoms with Crippen LogP contribution in [-0.4, -0.2) is 20.5 Å². The van der Waals surface area contributed by atoms with Gasteiger partial charge in [-0.1, -0.05) is 6.42 Å². The number of carbonyl (C=O) groups is 1. The SMILES string of the molecule is Cc1cc(F)cc(C(=O)C(C#N)c2nnc3n2CCCCC3)c1. The molecule has 0 radical (unpaired) electrons. The standard InChI is InChI=1S/C17H17FN4O/c1-11-7-12(9-13(18)8-11)16(23)14(10-19)17-21-20-15-5-3-2-4-6-22(15)17/h7-9,14H,2-6H2,1H3. The summed E-state index contributed by atoms with van der Waals surface area (Å²) in [7, 11) is 0. The van der Waals surface area contributed by atoms with Crippen LogP contribution in [0.5, 0.6) is 0 Å². The molecule has 23 heavy (non-hydrogen) atoms. The quantitative estimate of drug-likeness (QED) is 0.817. The van der Waals surface area contributed by atoms with Crippen molar-refractivity contribution in [2.75, 3.05) is 0 Å². The Balaban J connectivity index is 1.99. The lowest BCUT2D eigenvalue weighted by Gasteiger charge is -2.11. The summed E-state index contributed by atoms with van der Waals surface area (Å²) in [6.45, 7) is 2.43. The highest BCUT2D eigenvalue weighted by Crippen LogP contribution is 2.24. The van der Waals surface area contributed by atoms with Crippen LogP contribution < -0.4 is 0 Å². The van der Waals surface area contributed by atoms with Crippen LogP contribution in [0.25, 0.3) is 0 Å². The van der Waals surface area contributed by atoms with Crippen molar-refractivity contribution < 1.29 is 9.18 Å². The van der Waals surface area contributed by atoms with Crippen molar-refractivity contribution in [2.24, 2.45) is 0 Å². The number of Topliss-reactive ketones (excluding diaryl/α,β-unsaturated/α-hetero) is 1. The molecule has 0 spiro atoms. The molecule has 0 saturated heterocycles. The minimum atomic E-state index is -1.06. The number of fused-ring (bicyclic) bond motifs is 1. The van der Waals surface area contributed by atoms with E-state index in [9.17, 15) is 14.4 Å². The van der Waals surface area contributed by atoms with Crippen LogP contribution in [0.15, 0.2) is 18.2 Å². The highest BCUT2D eigenvalue weighted by atomic mass is 19.1. The summed E-state index contributed by atoms with van der Waals surface area (Å²) in [5.41, 5.74) is 0.838. The van der Waals surface area contributed by atoms with Crippen LogP contribution in [0.4, 0.5) is 4.39 Å². The molecule has 0 bridgehead atoms. The van der Waals surface area contributed by atoms with Crippen LogP contribution in [0.3, 0.4) is 0 Å². The fraction of sp³-hybridized carbons (Fsp3) is 0.412. The number of aryl methyl sites for hydroxylation is 2. The Bertz CT molecular complexity index is 770. The van der Waals surface area contributed by atoms with Crippen molar-refractivity contribution in [3.8, 4) is 6.07 Å². The van der Waals surface area contributed by atoms with Crippen molar-refractivity contribution in [1.82, 2.24) is 14.8 Å². The molecule has 2 aromatic rings. The van der Waals surface area contributed by atoms with Crippen molar-refractivity contribution in [3.05, 3.63) is 46.8 Å². The third kappa shape index (κ3) is 3.00. The molecule has 0 saturated carbocycles. The summed E-state index contributed by atoms with van der Waals surface area (Å²) in [4.78, 5) is 12.7. The van der Waals surface area contributed by atoms with Crippen LogP contribution >= 0.6 is 0 Å². The molecule has 3 rings (SSSR count). The number of halogens is 1. The first-order valence-corrected chi connectivity index (χ1v) is 7.73. The number of carbonyl (C=O) groups excluding carboxylic acids is 1. The van der Waals surface area contributed by atoms with Gasteiger partial charge >= 0.3 is 0 Å². The van der Waals surface area contributed by atoms with Crippen LogP contribution in [0.2, 0.25) is 0 Å².